The fourth-order valence-electron chi connectivity index (χ4n) is 1.90. The van der Waals surface area contributed by atoms with Crippen LogP contribution in [0.3, 0.4) is 0 Å². The van der Waals surface area contributed by atoms with Crippen LogP contribution in [-0.4, -0.2) is 9.78 Å². The van der Waals surface area contributed by atoms with Crippen LogP contribution in [0.4, 0.5) is 0 Å². The van der Waals surface area contributed by atoms with E-state index in [-0.39, 0.29) is 0 Å². The zero-order valence-electron chi connectivity index (χ0n) is 8.99. The predicted molar refractivity (Wildman–Crippen MR) is 75.5 cm³/mol. The number of benzene rings is 1. The normalized spacial score (nSPS) is 14.0. The van der Waals surface area contributed by atoms with Gasteiger partial charge in [-0.3, -0.25) is 0 Å². The van der Waals surface area contributed by atoms with Crippen LogP contribution >= 0.6 is 39.3 Å². The molecule has 0 bridgehead atoms. The largest absolute Gasteiger partial charge is 0.249 e. The van der Waals surface area contributed by atoms with Gasteiger partial charge in [-0.25, -0.2) is 4.68 Å². The maximum Gasteiger partial charge on any atom is 0.131 e. The summed E-state index contributed by atoms with van der Waals surface area (Å²) in [5, 5.41) is 5.36. The summed E-state index contributed by atoms with van der Waals surface area (Å²) < 4.78 is 2.99. The average Bonchev–Trinajstić information content (AvgIpc) is 2.87. The molecule has 0 amide bonds. The van der Waals surface area contributed by atoms with Crippen molar-refractivity contribution in [2.75, 3.05) is 0 Å². The minimum atomic E-state index is 0.740. The molecule has 0 aliphatic carbocycles. The van der Waals surface area contributed by atoms with Crippen molar-refractivity contribution in [1.82, 2.24) is 9.78 Å². The molecule has 1 aliphatic heterocycles. The number of thioether (sulfide) groups is 1. The van der Waals surface area contributed by atoms with E-state index >= 15 is 0 Å². The SMILES string of the molecule is Clc1c2c(nn1Cc1ccc(Br)cc1)CSC2. The lowest BCUT2D eigenvalue weighted by atomic mass is 10.2. The van der Waals surface area contributed by atoms with Gasteiger partial charge in [0.1, 0.15) is 5.15 Å². The first kappa shape index (κ1) is 11.6. The lowest BCUT2D eigenvalue weighted by molar-refractivity contribution is 0.679. The highest BCUT2D eigenvalue weighted by molar-refractivity contribution is 9.10. The second-order valence-corrected chi connectivity index (χ2v) is 6.25. The maximum atomic E-state index is 6.33. The lowest BCUT2D eigenvalue weighted by Gasteiger charge is -2.04. The fourth-order valence-corrected chi connectivity index (χ4v) is 3.55. The molecule has 2 heterocycles. The number of halogens is 2. The quantitative estimate of drug-likeness (QED) is 0.825. The number of aromatic nitrogens is 2. The molecule has 3 rings (SSSR count). The van der Waals surface area contributed by atoms with Gasteiger partial charge in [0, 0.05) is 21.5 Å². The van der Waals surface area contributed by atoms with E-state index < -0.39 is 0 Å². The lowest BCUT2D eigenvalue weighted by Crippen LogP contribution is -2.02. The van der Waals surface area contributed by atoms with E-state index in [1.807, 2.05) is 28.6 Å². The zero-order valence-corrected chi connectivity index (χ0v) is 12.1. The molecule has 0 fully saturated rings. The molecular formula is C12H10BrClN2S. The molecule has 0 unspecified atom stereocenters. The summed E-state index contributed by atoms with van der Waals surface area (Å²) in [6.07, 6.45) is 0. The second kappa shape index (κ2) is 4.67. The third-order valence-corrected chi connectivity index (χ3v) is 4.72. The van der Waals surface area contributed by atoms with E-state index in [1.54, 1.807) is 0 Å². The van der Waals surface area contributed by atoms with Crippen molar-refractivity contribution in [1.29, 1.82) is 0 Å². The molecule has 1 aromatic heterocycles. The Balaban J connectivity index is 1.88. The summed E-state index contributed by atoms with van der Waals surface area (Å²) in [7, 11) is 0. The Morgan fingerprint density at radius 3 is 2.76 bits per heavy atom. The van der Waals surface area contributed by atoms with Crippen molar-refractivity contribution in [2.45, 2.75) is 18.1 Å². The van der Waals surface area contributed by atoms with Gasteiger partial charge in [0.15, 0.2) is 0 Å². The fraction of sp³-hybridized carbons (Fsp3) is 0.250. The predicted octanol–water partition coefficient (Wildman–Crippen LogP) is 4.09. The third-order valence-electron chi connectivity index (χ3n) is 2.80. The minimum absolute atomic E-state index is 0.740. The van der Waals surface area contributed by atoms with Crippen LogP contribution in [0, 0.1) is 0 Å². The Hall–Kier alpha value is -0.450. The van der Waals surface area contributed by atoms with Gasteiger partial charge in [-0.05, 0) is 17.7 Å². The molecule has 1 aliphatic rings. The Labute approximate surface area is 117 Å². The Bertz CT molecular complexity index is 550. The summed E-state index contributed by atoms with van der Waals surface area (Å²) in [6.45, 7) is 0.740. The summed E-state index contributed by atoms with van der Waals surface area (Å²) >= 11 is 11.6. The first-order valence-electron chi connectivity index (χ1n) is 5.30. The number of hydrogen-bond acceptors (Lipinski definition) is 2. The van der Waals surface area contributed by atoms with Crippen molar-refractivity contribution in [3.63, 3.8) is 0 Å². The van der Waals surface area contributed by atoms with Crippen molar-refractivity contribution in [3.8, 4) is 0 Å². The molecule has 0 spiro atoms. The van der Waals surface area contributed by atoms with Crippen LogP contribution in [0.25, 0.3) is 0 Å². The van der Waals surface area contributed by atoms with Gasteiger partial charge < -0.3 is 0 Å². The number of fused-ring (bicyclic) bond motifs is 1. The van der Waals surface area contributed by atoms with Gasteiger partial charge in [0.2, 0.25) is 0 Å². The minimum Gasteiger partial charge on any atom is -0.249 e. The molecule has 5 heteroatoms. The summed E-state index contributed by atoms with van der Waals surface area (Å²) in [4.78, 5) is 0. The first-order valence-corrected chi connectivity index (χ1v) is 7.63. The molecular weight excluding hydrogens is 320 g/mol. The van der Waals surface area contributed by atoms with E-state index in [9.17, 15) is 0 Å². The van der Waals surface area contributed by atoms with Crippen LogP contribution in [0.1, 0.15) is 16.8 Å². The number of hydrogen-bond donors (Lipinski definition) is 0. The summed E-state index contributed by atoms with van der Waals surface area (Å²) in [6, 6.07) is 8.25. The first-order chi connectivity index (χ1) is 8.24. The molecule has 0 radical (unpaired) electrons. The smallest absolute Gasteiger partial charge is 0.131 e. The highest BCUT2D eigenvalue weighted by atomic mass is 79.9. The Morgan fingerprint density at radius 2 is 2.06 bits per heavy atom. The van der Waals surface area contributed by atoms with Gasteiger partial charge in [0.25, 0.3) is 0 Å². The van der Waals surface area contributed by atoms with Crippen LogP contribution in [0.2, 0.25) is 5.15 Å². The van der Waals surface area contributed by atoms with Crippen molar-refractivity contribution in [3.05, 3.63) is 50.7 Å². The zero-order chi connectivity index (χ0) is 11.8. The van der Waals surface area contributed by atoms with E-state index in [4.69, 9.17) is 11.6 Å². The van der Waals surface area contributed by atoms with E-state index in [1.165, 1.54) is 11.1 Å². The topological polar surface area (TPSA) is 17.8 Å². The van der Waals surface area contributed by atoms with Crippen LogP contribution in [0.5, 0.6) is 0 Å². The van der Waals surface area contributed by atoms with Crippen LogP contribution in [-0.2, 0) is 18.1 Å². The van der Waals surface area contributed by atoms with E-state index in [0.717, 1.165) is 33.4 Å². The van der Waals surface area contributed by atoms with Gasteiger partial charge in [-0.2, -0.15) is 16.9 Å². The standard InChI is InChI=1S/C12H10BrClN2S/c13-9-3-1-8(2-4-9)5-16-12(14)10-6-17-7-11(10)15-16/h1-4H,5-7H2. The molecule has 0 atom stereocenters. The van der Waals surface area contributed by atoms with Gasteiger partial charge in [0.05, 0.1) is 12.2 Å². The molecule has 1 aromatic carbocycles. The van der Waals surface area contributed by atoms with Gasteiger partial charge in [-0.15, -0.1) is 0 Å². The van der Waals surface area contributed by atoms with Crippen molar-refractivity contribution >= 4 is 39.3 Å². The van der Waals surface area contributed by atoms with Gasteiger partial charge in [-0.1, -0.05) is 39.7 Å². The third kappa shape index (κ3) is 2.26. The van der Waals surface area contributed by atoms with Crippen LogP contribution < -0.4 is 0 Å². The Morgan fingerprint density at radius 1 is 1.29 bits per heavy atom. The maximum absolute atomic E-state index is 6.33. The molecule has 2 nitrogen and oxygen atoms in total. The summed E-state index contributed by atoms with van der Waals surface area (Å²) in [5.74, 6) is 1.98. The monoisotopic (exact) mass is 328 g/mol. The number of nitrogens with zero attached hydrogens (tertiary/aromatic N) is 2. The van der Waals surface area contributed by atoms with Crippen LogP contribution in [0.15, 0.2) is 28.7 Å². The average molecular weight is 330 g/mol. The van der Waals surface area contributed by atoms with Crippen molar-refractivity contribution in [2.24, 2.45) is 0 Å². The van der Waals surface area contributed by atoms with Crippen molar-refractivity contribution < 1.29 is 0 Å². The highest BCUT2D eigenvalue weighted by Crippen LogP contribution is 2.34. The van der Waals surface area contributed by atoms with E-state index in [2.05, 4.69) is 33.2 Å². The Kier molecular flexibility index (Phi) is 3.19. The molecule has 0 saturated carbocycles. The molecule has 2 aromatic rings. The summed E-state index contributed by atoms with van der Waals surface area (Å²) in [5.41, 5.74) is 3.58. The number of rotatable bonds is 2. The molecule has 17 heavy (non-hydrogen) atoms. The molecule has 0 saturated heterocycles. The molecule has 0 N–H and O–H groups in total. The van der Waals surface area contributed by atoms with Gasteiger partial charge >= 0.3 is 0 Å². The highest BCUT2D eigenvalue weighted by Gasteiger charge is 2.21. The second-order valence-electron chi connectivity index (χ2n) is 3.99. The van der Waals surface area contributed by atoms with E-state index in [0.29, 0.717) is 0 Å². The molecule has 88 valence electrons.